The summed E-state index contributed by atoms with van der Waals surface area (Å²) in [6, 6.07) is 4.45. The van der Waals surface area contributed by atoms with Crippen molar-refractivity contribution in [1.82, 2.24) is 10.2 Å². The van der Waals surface area contributed by atoms with Gasteiger partial charge in [0.1, 0.15) is 5.76 Å². The van der Waals surface area contributed by atoms with Crippen molar-refractivity contribution >= 4 is 23.7 Å². The number of rotatable bonds is 5. The van der Waals surface area contributed by atoms with Crippen LogP contribution in [0.1, 0.15) is 25.0 Å². The summed E-state index contributed by atoms with van der Waals surface area (Å²) in [4.78, 5) is 14.4. The van der Waals surface area contributed by atoms with Crippen molar-refractivity contribution in [3.05, 3.63) is 30.2 Å². The van der Waals surface area contributed by atoms with Gasteiger partial charge in [0, 0.05) is 24.4 Å². The van der Waals surface area contributed by atoms with E-state index in [4.69, 9.17) is 4.42 Å². The van der Waals surface area contributed by atoms with E-state index in [9.17, 15) is 4.79 Å². The molecule has 2 fully saturated rings. The van der Waals surface area contributed by atoms with Crippen LogP contribution in [0.3, 0.4) is 0 Å². The van der Waals surface area contributed by atoms with Gasteiger partial charge >= 0.3 is 0 Å². The molecule has 1 amide bonds. The first-order valence-corrected chi connectivity index (χ1v) is 9.28. The lowest BCUT2D eigenvalue weighted by atomic mass is 9.95. The number of piperidine rings is 1. The molecule has 0 saturated carbocycles. The van der Waals surface area contributed by atoms with Crippen LogP contribution >= 0.6 is 11.8 Å². The SMILES string of the molecule is O=C(/C=C/c1ccco1)NCC1CCN([C@@H]2CCSC2)CC1. The Morgan fingerprint density at radius 2 is 2.27 bits per heavy atom. The van der Waals surface area contributed by atoms with E-state index in [1.165, 1.54) is 43.9 Å². The number of nitrogens with one attached hydrogen (secondary N) is 1. The number of thioether (sulfide) groups is 1. The number of carbonyl (C=O) groups is 1. The molecule has 0 unspecified atom stereocenters. The molecule has 120 valence electrons. The second-order valence-electron chi connectivity index (χ2n) is 6.09. The Morgan fingerprint density at radius 3 is 2.95 bits per heavy atom. The number of amides is 1. The van der Waals surface area contributed by atoms with Gasteiger partial charge in [-0.2, -0.15) is 11.8 Å². The predicted octanol–water partition coefficient (Wildman–Crippen LogP) is 2.63. The Kier molecular flexibility index (Phi) is 5.62. The summed E-state index contributed by atoms with van der Waals surface area (Å²) in [6.07, 6.45) is 8.60. The van der Waals surface area contributed by atoms with E-state index in [0.717, 1.165) is 12.6 Å². The van der Waals surface area contributed by atoms with E-state index in [-0.39, 0.29) is 5.91 Å². The highest BCUT2D eigenvalue weighted by atomic mass is 32.2. The van der Waals surface area contributed by atoms with E-state index in [1.54, 1.807) is 18.4 Å². The minimum absolute atomic E-state index is 0.0361. The molecule has 3 rings (SSSR count). The third kappa shape index (κ3) is 4.40. The molecule has 1 aromatic rings. The molecule has 5 heteroatoms. The zero-order valence-electron chi connectivity index (χ0n) is 12.9. The van der Waals surface area contributed by atoms with Crippen molar-refractivity contribution < 1.29 is 9.21 Å². The molecule has 4 nitrogen and oxygen atoms in total. The van der Waals surface area contributed by atoms with Crippen LogP contribution in [0.4, 0.5) is 0 Å². The minimum Gasteiger partial charge on any atom is -0.465 e. The van der Waals surface area contributed by atoms with Crippen molar-refractivity contribution in [3.63, 3.8) is 0 Å². The Labute approximate surface area is 136 Å². The fourth-order valence-corrected chi connectivity index (χ4v) is 4.44. The molecular weight excluding hydrogens is 296 g/mol. The van der Waals surface area contributed by atoms with Crippen LogP contribution in [0.5, 0.6) is 0 Å². The van der Waals surface area contributed by atoms with Gasteiger partial charge in [0.25, 0.3) is 0 Å². The largest absolute Gasteiger partial charge is 0.465 e. The Balaban J connectivity index is 1.35. The third-order valence-electron chi connectivity index (χ3n) is 4.58. The maximum atomic E-state index is 11.8. The van der Waals surface area contributed by atoms with Crippen LogP contribution in [0, 0.1) is 5.92 Å². The molecule has 0 bridgehead atoms. The lowest BCUT2D eigenvalue weighted by Gasteiger charge is -2.35. The van der Waals surface area contributed by atoms with Crippen LogP contribution in [0.15, 0.2) is 28.9 Å². The topological polar surface area (TPSA) is 45.5 Å². The molecule has 0 aromatic carbocycles. The average molecular weight is 320 g/mol. The van der Waals surface area contributed by atoms with Crippen LogP contribution in [0.2, 0.25) is 0 Å². The Morgan fingerprint density at radius 1 is 1.41 bits per heavy atom. The second-order valence-corrected chi connectivity index (χ2v) is 7.24. The average Bonchev–Trinajstić information content (AvgIpc) is 3.24. The number of furan rings is 1. The molecule has 2 aliphatic heterocycles. The number of hydrogen-bond donors (Lipinski definition) is 1. The Bertz CT molecular complexity index is 487. The highest BCUT2D eigenvalue weighted by molar-refractivity contribution is 7.99. The summed E-state index contributed by atoms with van der Waals surface area (Å²) >= 11 is 2.08. The molecule has 3 heterocycles. The van der Waals surface area contributed by atoms with Gasteiger partial charge in [-0.15, -0.1) is 0 Å². The van der Waals surface area contributed by atoms with Crippen LogP contribution < -0.4 is 5.32 Å². The van der Waals surface area contributed by atoms with Crippen LogP contribution in [-0.4, -0.2) is 48.0 Å². The molecule has 1 aromatic heterocycles. The standard InChI is InChI=1S/C17H24N2O2S/c20-17(4-3-16-2-1-10-21-16)18-12-14-5-8-19(9-6-14)15-7-11-22-13-15/h1-4,10,14-15H,5-9,11-13H2,(H,18,20)/b4-3+/t15-/m1/s1. The zero-order valence-corrected chi connectivity index (χ0v) is 13.7. The van der Waals surface area contributed by atoms with Gasteiger partial charge in [-0.3, -0.25) is 9.69 Å². The zero-order chi connectivity index (χ0) is 15.2. The van der Waals surface area contributed by atoms with E-state index >= 15 is 0 Å². The van der Waals surface area contributed by atoms with Crippen molar-refractivity contribution in [3.8, 4) is 0 Å². The first kappa shape index (κ1) is 15.7. The highest BCUT2D eigenvalue weighted by Gasteiger charge is 2.27. The fourth-order valence-electron chi connectivity index (χ4n) is 3.18. The summed E-state index contributed by atoms with van der Waals surface area (Å²) < 4.78 is 5.16. The summed E-state index contributed by atoms with van der Waals surface area (Å²) in [6.45, 7) is 3.16. The fraction of sp³-hybridized carbons (Fsp3) is 0.588. The van der Waals surface area contributed by atoms with E-state index in [0.29, 0.717) is 11.7 Å². The monoisotopic (exact) mass is 320 g/mol. The molecule has 0 spiro atoms. The second kappa shape index (κ2) is 7.88. The molecule has 0 radical (unpaired) electrons. The maximum Gasteiger partial charge on any atom is 0.244 e. The maximum absolute atomic E-state index is 11.8. The lowest BCUT2D eigenvalue weighted by Crippen LogP contribution is -2.43. The van der Waals surface area contributed by atoms with Gasteiger partial charge in [-0.05, 0) is 62.2 Å². The number of likely N-dealkylation sites (tertiary alicyclic amines) is 1. The predicted molar refractivity (Wildman–Crippen MR) is 90.8 cm³/mol. The van der Waals surface area contributed by atoms with Gasteiger partial charge in [-0.1, -0.05) is 0 Å². The normalized spacial score (nSPS) is 24.1. The van der Waals surface area contributed by atoms with Gasteiger partial charge < -0.3 is 9.73 Å². The van der Waals surface area contributed by atoms with Gasteiger partial charge in [-0.25, -0.2) is 0 Å². The molecule has 22 heavy (non-hydrogen) atoms. The van der Waals surface area contributed by atoms with Crippen molar-refractivity contribution in [2.45, 2.75) is 25.3 Å². The van der Waals surface area contributed by atoms with Gasteiger partial charge in [0.05, 0.1) is 6.26 Å². The van der Waals surface area contributed by atoms with Gasteiger partial charge in [0.15, 0.2) is 0 Å². The molecule has 2 aliphatic rings. The minimum atomic E-state index is -0.0361. The quantitative estimate of drug-likeness (QED) is 0.847. The molecular formula is C17H24N2O2S. The van der Waals surface area contributed by atoms with Crippen molar-refractivity contribution in [1.29, 1.82) is 0 Å². The summed E-state index contributed by atoms with van der Waals surface area (Å²) in [7, 11) is 0. The first-order chi connectivity index (χ1) is 10.8. The first-order valence-electron chi connectivity index (χ1n) is 8.12. The summed E-state index contributed by atoms with van der Waals surface area (Å²) in [5, 5.41) is 3.01. The van der Waals surface area contributed by atoms with Crippen LogP contribution in [0.25, 0.3) is 6.08 Å². The van der Waals surface area contributed by atoms with Gasteiger partial charge in [0.2, 0.25) is 5.91 Å². The number of hydrogen-bond acceptors (Lipinski definition) is 4. The smallest absolute Gasteiger partial charge is 0.244 e. The van der Waals surface area contributed by atoms with E-state index in [1.807, 2.05) is 12.1 Å². The lowest BCUT2D eigenvalue weighted by molar-refractivity contribution is -0.116. The Hall–Kier alpha value is -1.20. The number of nitrogens with zero attached hydrogens (tertiary/aromatic N) is 1. The summed E-state index contributed by atoms with van der Waals surface area (Å²) in [5.41, 5.74) is 0. The number of carbonyl (C=O) groups excluding carboxylic acids is 1. The third-order valence-corrected chi connectivity index (χ3v) is 5.72. The summed E-state index contributed by atoms with van der Waals surface area (Å²) in [5.74, 6) is 3.91. The van der Waals surface area contributed by atoms with Crippen molar-refractivity contribution in [2.24, 2.45) is 5.92 Å². The van der Waals surface area contributed by atoms with E-state index < -0.39 is 0 Å². The molecule has 1 N–H and O–H groups in total. The molecule has 0 aliphatic carbocycles. The molecule has 1 atom stereocenters. The molecule has 2 saturated heterocycles. The van der Waals surface area contributed by atoms with Crippen LogP contribution in [-0.2, 0) is 4.79 Å². The van der Waals surface area contributed by atoms with Crippen molar-refractivity contribution in [2.75, 3.05) is 31.1 Å². The highest BCUT2D eigenvalue weighted by Crippen LogP contribution is 2.26. The van der Waals surface area contributed by atoms with E-state index in [2.05, 4.69) is 22.0 Å².